The molecule has 0 unspecified atom stereocenters. The predicted molar refractivity (Wildman–Crippen MR) is 84.0 cm³/mol. The highest BCUT2D eigenvalue weighted by atomic mass is 32.1. The molecule has 3 N–H and O–H groups in total. The van der Waals surface area contributed by atoms with Crippen molar-refractivity contribution >= 4 is 23.1 Å². The van der Waals surface area contributed by atoms with Gasteiger partial charge in [0.2, 0.25) is 5.91 Å². The molecule has 0 aromatic rings. The van der Waals surface area contributed by atoms with Gasteiger partial charge >= 0.3 is 0 Å². The lowest BCUT2D eigenvalue weighted by Gasteiger charge is -2.30. The number of carbonyl (C=O) groups is 1. The summed E-state index contributed by atoms with van der Waals surface area (Å²) in [5, 5.41) is 3.05. The second-order valence-corrected chi connectivity index (χ2v) is 7.37. The van der Waals surface area contributed by atoms with Gasteiger partial charge in [0.1, 0.15) is 0 Å². The monoisotopic (exact) mass is 284 g/mol. The van der Waals surface area contributed by atoms with E-state index in [0.717, 1.165) is 32.1 Å². The van der Waals surface area contributed by atoms with Crippen molar-refractivity contribution in [2.24, 2.45) is 16.6 Å². The zero-order valence-electron chi connectivity index (χ0n) is 12.6. The third-order valence-corrected chi connectivity index (χ3v) is 4.41. The molecular formula is C15H28N2OS. The number of rotatable bonds is 4. The molecule has 1 saturated carbocycles. The summed E-state index contributed by atoms with van der Waals surface area (Å²) in [7, 11) is 0. The van der Waals surface area contributed by atoms with Gasteiger partial charge in [-0.3, -0.25) is 4.79 Å². The SMILES string of the molecule is CC(C)(C)CCNC(=O)C1(C(N)=S)CCCCCC1. The van der Waals surface area contributed by atoms with Crippen LogP contribution in [0.5, 0.6) is 0 Å². The van der Waals surface area contributed by atoms with Crippen molar-refractivity contribution < 1.29 is 4.79 Å². The van der Waals surface area contributed by atoms with E-state index in [9.17, 15) is 4.79 Å². The number of nitrogens with two attached hydrogens (primary N) is 1. The van der Waals surface area contributed by atoms with Crippen LogP contribution < -0.4 is 11.1 Å². The number of thiocarbonyl (C=S) groups is 1. The highest BCUT2D eigenvalue weighted by Crippen LogP contribution is 2.35. The normalized spacial score (nSPS) is 19.5. The maximum absolute atomic E-state index is 12.5. The minimum atomic E-state index is -0.594. The summed E-state index contributed by atoms with van der Waals surface area (Å²) in [6.45, 7) is 7.23. The quantitative estimate of drug-likeness (QED) is 0.616. The largest absolute Gasteiger partial charge is 0.392 e. The third-order valence-electron chi connectivity index (χ3n) is 4.02. The summed E-state index contributed by atoms with van der Waals surface area (Å²) in [5.74, 6) is 0.0474. The maximum atomic E-state index is 12.5. The van der Waals surface area contributed by atoms with E-state index in [1.54, 1.807) is 0 Å². The lowest BCUT2D eigenvalue weighted by molar-refractivity contribution is -0.128. The van der Waals surface area contributed by atoms with E-state index in [4.69, 9.17) is 18.0 Å². The van der Waals surface area contributed by atoms with Crippen molar-refractivity contribution in [1.82, 2.24) is 5.32 Å². The van der Waals surface area contributed by atoms with E-state index in [-0.39, 0.29) is 11.3 Å². The molecule has 0 heterocycles. The summed E-state index contributed by atoms with van der Waals surface area (Å²) >= 11 is 5.20. The van der Waals surface area contributed by atoms with Crippen LogP contribution in [0.15, 0.2) is 0 Å². The van der Waals surface area contributed by atoms with Crippen LogP contribution in [0.2, 0.25) is 0 Å². The molecule has 0 aliphatic heterocycles. The molecule has 0 bridgehead atoms. The molecule has 1 aliphatic rings. The Kier molecular flexibility index (Phi) is 5.78. The van der Waals surface area contributed by atoms with Crippen molar-refractivity contribution in [2.75, 3.05) is 6.54 Å². The number of hydrogen-bond donors (Lipinski definition) is 2. The summed E-state index contributed by atoms with van der Waals surface area (Å²) in [5.41, 5.74) is 5.54. The zero-order valence-corrected chi connectivity index (χ0v) is 13.4. The van der Waals surface area contributed by atoms with Crippen molar-refractivity contribution in [3.8, 4) is 0 Å². The van der Waals surface area contributed by atoms with Crippen molar-refractivity contribution in [2.45, 2.75) is 65.7 Å². The molecule has 1 aliphatic carbocycles. The van der Waals surface area contributed by atoms with Crippen LogP contribution in [0.1, 0.15) is 65.7 Å². The van der Waals surface area contributed by atoms with Gasteiger partial charge in [-0.2, -0.15) is 0 Å². The van der Waals surface area contributed by atoms with Crippen molar-refractivity contribution in [3.63, 3.8) is 0 Å². The molecule has 3 nitrogen and oxygen atoms in total. The van der Waals surface area contributed by atoms with Gasteiger partial charge in [0.25, 0.3) is 0 Å². The van der Waals surface area contributed by atoms with Gasteiger partial charge in [0, 0.05) is 6.54 Å². The lowest BCUT2D eigenvalue weighted by Crippen LogP contribution is -2.49. The molecule has 0 saturated heterocycles. The highest BCUT2D eigenvalue weighted by molar-refractivity contribution is 7.80. The molecule has 1 fully saturated rings. The Bertz CT molecular complexity index is 326. The van der Waals surface area contributed by atoms with Crippen LogP contribution in [0.3, 0.4) is 0 Å². The molecule has 1 amide bonds. The Morgan fingerprint density at radius 1 is 1.21 bits per heavy atom. The van der Waals surface area contributed by atoms with Crippen molar-refractivity contribution in [1.29, 1.82) is 0 Å². The van der Waals surface area contributed by atoms with Gasteiger partial charge in [-0.05, 0) is 24.7 Å². The molecule has 0 spiro atoms. The van der Waals surface area contributed by atoms with E-state index >= 15 is 0 Å². The smallest absolute Gasteiger partial charge is 0.233 e. The standard InChI is InChI=1S/C15H28N2OS/c1-14(2,3)10-11-17-13(18)15(12(16)19)8-6-4-5-7-9-15/h4-11H2,1-3H3,(H2,16,19)(H,17,18). The van der Waals surface area contributed by atoms with E-state index < -0.39 is 5.41 Å². The summed E-state index contributed by atoms with van der Waals surface area (Å²) < 4.78 is 0. The summed E-state index contributed by atoms with van der Waals surface area (Å²) in [4.78, 5) is 12.9. The minimum Gasteiger partial charge on any atom is -0.392 e. The van der Waals surface area contributed by atoms with Crippen LogP contribution in [0, 0.1) is 10.8 Å². The number of hydrogen-bond acceptors (Lipinski definition) is 2. The predicted octanol–water partition coefficient (Wildman–Crippen LogP) is 3.17. The van der Waals surface area contributed by atoms with Gasteiger partial charge in [0.05, 0.1) is 10.4 Å². The molecule has 0 aromatic heterocycles. The summed E-state index contributed by atoms with van der Waals surface area (Å²) in [6.07, 6.45) is 7.03. The molecule has 19 heavy (non-hydrogen) atoms. The number of carbonyl (C=O) groups excluding carboxylic acids is 1. The van der Waals surface area contributed by atoms with E-state index in [0.29, 0.717) is 11.5 Å². The zero-order chi connectivity index (χ0) is 14.5. The second kappa shape index (κ2) is 6.69. The fourth-order valence-corrected chi connectivity index (χ4v) is 2.93. The fourth-order valence-electron chi connectivity index (χ4n) is 2.64. The molecule has 1 rings (SSSR count). The first-order valence-corrected chi connectivity index (χ1v) is 7.77. The maximum Gasteiger partial charge on any atom is 0.233 e. The Morgan fingerprint density at radius 3 is 2.16 bits per heavy atom. The van der Waals surface area contributed by atoms with E-state index in [1.165, 1.54) is 12.8 Å². The van der Waals surface area contributed by atoms with Crippen LogP contribution in [-0.4, -0.2) is 17.4 Å². The topological polar surface area (TPSA) is 55.1 Å². The Hall–Kier alpha value is -0.640. The average molecular weight is 284 g/mol. The van der Waals surface area contributed by atoms with Crippen LogP contribution in [0.4, 0.5) is 0 Å². The molecule has 0 aromatic carbocycles. The first-order chi connectivity index (χ1) is 8.78. The second-order valence-electron chi connectivity index (χ2n) is 6.93. The molecular weight excluding hydrogens is 256 g/mol. The summed E-state index contributed by atoms with van der Waals surface area (Å²) in [6, 6.07) is 0. The van der Waals surface area contributed by atoms with Crippen LogP contribution in [0.25, 0.3) is 0 Å². The highest BCUT2D eigenvalue weighted by Gasteiger charge is 2.41. The van der Waals surface area contributed by atoms with Gasteiger partial charge in [0.15, 0.2) is 0 Å². The molecule has 0 atom stereocenters. The first-order valence-electron chi connectivity index (χ1n) is 7.36. The third kappa shape index (κ3) is 4.75. The average Bonchev–Trinajstić information content (AvgIpc) is 2.53. The van der Waals surface area contributed by atoms with Crippen LogP contribution in [-0.2, 0) is 4.79 Å². The molecule has 4 heteroatoms. The number of nitrogens with one attached hydrogen (secondary N) is 1. The van der Waals surface area contributed by atoms with E-state index in [1.807, 2.05) is 0 Å². The van der Waals surface area contributed by atoms with Crippen LogP contribution >= 0.6 is 12.2 Å². The van der Waals surface area contributed by atoms with Gasteiger partial charge in [-0.25, -0.2) is 0 Å². The van der Waals surface area contributed by atoms with Gasteiger partial charge in [-0.15, -0.1) is 0 Å². The minimum absolute atomic E-state index is 0.0474. The number of amides is 1. The van der Waals surface area contributed by atoms with E-state index in [2.05, 4.69) is 26.1 Å². The van der Waals surface area contributed by atoms with Crippen molar-refractivity contribution in [3.05, 3.63) is 0 Å². The Balaban J connectivity index is 2.65. The first kappa shape index (κ1) is 16.4. The van der Waals surface area contributed by atoms with Gasteiger partial charge < -0.3 is 11.1 Å². The fraction of sp³-hybridized carbons (Fsp3) is 0.867. The molecule has 0 radical (unpaired) electrons. The Labute approximate surface area is 122 Å². The molecule has 110 valence electrons. The lowest BCUT2D eigenvalue weighted by atomic mass is 9.79. The Morgan fingerprint density at radius 2 is 1.74 bits per heavy atom. The van der Waals surface area contributed by atoms with Gasteiger partial charge in [-0.1, -0.05) is 58.7 Å².